The third-order valence-corrected chi connectivity index (χ3v) is 5.61. The lowest BCUT2D eigenvalue weighted by atomic mass is 9.81. The average molecular weight is 372 g/mol. The molecule has 0 fully saturated rings. The lowest BCUT2D eigenvalue weighted by Crippen LogP contribution is -2.45. The highest BCUT2D eigenvalue weighted by Crippen LogP contribution is 2.43. The fourth-order valence-electron chi connectivity index (χ4n) is 3.41. The summed E-state index contributed by atoms with van der Waals surface area (Å²) < 4.78 is 5.33. The molecule has 26 heavy (non-hydrogen) atoms. The highest BCUT2D eigenvalue weighted by molar-refractivity contribution is 7.10. The van der Waals surface area contributed by atoms with Crippen molar-refractivity contribution in [2.75, 3.05) is 26.8 Å². The normalized spacial score (nSPS) is 19.3. The molecule has 1 N–H and O–H groups in total. The number of ether oxygens (including phenoxy) is 1. The molecule has 1 aliphatic rings. The Morgan fingerprint density at radius 2 is 2.08 bits per heavy atom. The number of thiophene rings is 1. The zero-order chi connectivity index (χ0) is 18.5. The molecule has 2 atom stereocenters. The summed E-state index contributed by atoms with van der Waals surface area (Å²) in [6, 6.07) is 11.1. The molecule has 0 spiro atoms. The summed E-state index contributed by atoms with van der Waals surface area (Å²) in [5.41, 5.74) is 1.41. The van der Waals surface area contributed by atoms with Gasteiger partial charge in [0.25, 0.3) is 5.91 Å². The Kier molecular flexibility index (Phi) is 6.06. The highest BCUT2D eigenvalue weighted by Gasteiger charge is 2.42. The van der Waals surface area contributed by atoms with Crippen molar-refractivity contribution >= 4 is 23.2 Å². The van der Waals surface area contributed by atoms with E-state index in [2.05, 4.69) is 5.32 Å². The lowest BCUT2D eigenvalue weighted by molar-refractivity contribution is -0.124. The van der Waals surface area contributed by atoms with Crippen LogP contribution in [0.2, 0.25) is 0 Å². The van der Waals surface area contributed by atoms with Crippen LogP contribution >= 0.6 is 11.3 Å². The lowest BCUT2D eigenvalue weighted by Gasteiger charge is -2.39. The summed E-state index contributed by atoms with van der Waals surface area (Å²) >= 11 is 1.57. The second kappa shape index (κ2) is 8.47. The number of fused-ring (bicyclic) bond motifs is 1. The van der Waals surface area contributed by atoms with Crippen molar-refractivity contribution in [1.29, 1.82) is 0 Å². The van der Waals surface area contributed by atoms with Crippen LogP contribution in [0.1, 0.15) is 46.1 Å². The first-order valence-corrected chi connectivity index (χ1v) is 9.78. The fraction of sp³-hybridized carbons (Fsp3) is 0.400. The van der Waals surface area contributed by atoms with Gasteiger partial charge in [0.2, 0.25) is 5.91 Å². The monoisotopic (exact) mass is 372 g/mol. The first-order valence-electron chi connectivity index (χ1n) is 8.90. The third-order valence-electron chi connectivity index (χ3n) is 4.67. The van der Waals surface area contributed by atoms with Crippen LogP contribution < -0.4 is 5.32 Å². The van der Waals surface area contributed by atoms with Crippen LogP contribution in [0.15, 0.2) is 41.8 Å². The maximum Gasteiger partial charge on any atom is 0.254 e. The van der Waals surface area contributed by atoms with Gasteiger partial charge in [0.05, 0.1) is 12.0 Å². The van der Waals surface area contributed by atoms with E-state index in [0.717, 1.165) is 16.9 Å². The third kappa shape index (κ3) is 3.66. The molecule has 1 aliphatic heterocycles. The number of likely N-dealkylation sites (N-methyl/N-ethyl adjacent to an activating group) is 1. The zero-order valence-electron chi connectivity index (χ0n) is 15.1. The summed E-state index contributed by atoms with van der Waals surface area (Å²) in [7, 11) is 1.78. The van der Waals surface area contributed by atoms with Gasteiger partial charge in [0.15, 0.2) is 0 Å². The van der Waals surface area contributed by atoms with Gasteiger partial charge in [-0.3, -0.25) is 9.59 Å². The van der Waals surface area contributed by atoms with Crippen LogP contribution in [0, 0.1) is 0 Å². The van der Waals surface area contributed by atoms with E-state index in [9.17, 15) is 9.59 Å². The molecule has 2 aromatic rings. The van der Waals surface area contributed by atoms with Crippen molar-refractivity contribution in [1.82, 2.24) is 10.2 Å². The van der Waals surface area contributed by atoms with E-state index in [1.54, 1.807) is 29.4 Å². The minimum absolute atomic E-state index is 0.0422. The molecule has 0 bridgehead atoms. The molecule has 0 aliphatic carbocycles. The molecule has 3 rings (SSSR count). The van der Waals surface area contributed by atoms with Crippen molar-refractivity contribution in [2.45, 2.75) is 25.3 Å². The Morgan fingerprint density at radius 1 is 1.27 bits per heavy atom. The van der Waals surface area contributed by atoms with E-state index in [1.165, 1.54) is 0 Å². The second-order valence-corrected chi connectivity index (χ2v) is 7.26. The Balaban J connectivity index is 1.88. The molecule has 5 nitrogen and oxygen atoms in total. The zero-order valence-corrected chi connectivity index (χ0v) is 15.9. The molecule has 0 radical (unpaired) electrons. The second-order valence-electron chi connectivity index (χ2n) is 6.28. The molecule has 0 saturated carbocycles. The Hall–Kier alpha value is -2.18. The molecule has 1 aromatic heterocycles. The van der Waals surface area contributed by atoms with Gasteiger partial charge < -0.3 is 15.0 Å². The van der Waals surface area contributed by atoms with Crippen LogP contribution in [0.25, 0.3) is 0 Å². The van der Waals surface area contributed by atoms with Crippen LogP contribution in [-0.4, -0.2) is 43.5 Å². The van der Waals surface area contributed by atoms with Gasteiger partial charge in [-0.1, -0.05) is 24.3 Å². The summed E-state index contributed by atoms with van der Waals surface area (Å²) in [6.45, 7) is 3.82. The molecular weight excluding hydrogens is 348 g/mol. The minimum atomic E-state index is -0.417. The smallest absolute Gasteiger partial charge is 0.254 e. The van der Waals surface area contributed by atoms with E-state index in [0.29, 0.717) is 25.3 Å². The number of carbonyl (C=O) groups excluding carboxylic acids is 2. The number of carbonyl (C=O) groups is 2. The topological polar surface area (TPSA) is 58.6 Å². The van der Waals surface area contributed by atoms with Crippen molar-refractivity contribution in [3.05, 3.63) is 57.8 Å². The van der Waals surface area contributed by atoms with Gasteiger partial charge in [-0.2, -0.15) is 0 Å². The summed E-state index contributed by atoms with van der Waals surface area (Å²) in [6.07, 6.45) is 0.770. The molecule has 2 heterocycles. The fourth-order valence-corrected chi connectivity index (χ4v) is 4.32. The average Bonchev–Trinajstić information content (AvgIpc) is 3.18. The maximum atomic E-state index is 13.1. The first-order chi connectivity index (χ1) is 12.6. The van der Waals surface area contributed by atoms with Crippen LogP contribution in [0.5, 0.6) is 0 Å². The van der Waals surface area contributed by atoms with E-state index < -0.39 is 5.92 Å². The Bertz CT molecular complexity index is 760. The van der Waals surface area contributed by atoms with Gasteiger partial charge in [0.1, 0.15) is 0 Å². The SMILES string of the molecule is CCOCCCNC(=O)C1c2ccccc2C(=O)N(C)C1c1cccs1. The van der Waals surface area contributed by atoms with E-state index in [1.807, 2.05) is 42.6 Å². The van der Waals surface area contributed by atoms with Crippen molar-refractivity contribution < 1.29 is 14.3 Å². The quantitative estimate of drug-likeness (QED) is 0.760. The Morgan fingerprint density at radius 3 is 2.81 bits per heavy atom. The summed E-state index contributed by atoms with van der Waals surface area (Å²) in [4.78, 5) is 28.6. The van der Waals surface area contributed by atoms with E-state index in [-0.39, 0.29) is 17.9 Å². The molecule has 2 amide bonds. The summed E-state index contributed by atoms with van der Waals surface area (Å²) in [5, 5.41) is 5.00. The van der Waals surface area contributed by atoms with E-state index >= 15 is 0 Å². The Labute approximate surface area is 158 Å². The standard InChI is InChI=1S/C20H24N2O3S/c1-3-25-12-7-11-21-19(23)17-14-8-4-5-9-15(14)20(24)22(2)18(17)16-10-6-13-26-16/h4-6,8-10,13,17-18H,3,7,11-12H2,1-2H3,(H,21,23). The number of benzene rings is 1. The number of nitrogens with zero attached hydrogens (tertiary/aromatic N) is 1. The van der Waals surface area contributed by atoms with Crippen molar-refractivity contribution in [3.8, 4) is 0 Å². The van der Waals surface area contributed by atoms with Gasteiger partial charge in [-0.15, -0.1) is 11.3 Å². The van der Waals surface area contributed by atoms with E-state index in [4.69, 9.17) is 4.74 Å². The molecular formula is C20H24N2O3S. The molecule has 1 aromatic carbocycles. The van der Waals surface area contributed by atoms with Gasteiger partial charge >= 0.3 is 0 Å². The molecule has 0 saturated heterocycles. The van der Waals surface area contributed by atoms with Crippen LogP contribution in [0.4, 0.5) is 0 Å². The first kappa shape index (κ1) is 18.6. The van der Waals surface area contributed by atoms with Crippen molar-refractivity contribution in [2.24, 2.45) is 0 Å². The predicted octanol–water partition coefficient (Wildman–Crippen LogP) is 3.20. The van der Waals surface area contributed by atoms with Gasteiger partial charge in [-0.05, 0) is 36.4 Å². The van der Waals surface area contributed by atoms with Gasteiger partial charge in [-0.25, -0.2) is 0 Å². The molecule has 6 heteroatoms. The highest BCUT2D eigenvalue weighted by atomic mass is 32.1. The molecule has 2 unspecified atom stereocenters. The maximum absolute atomic E-state index is 13.1. The number of hydrogen-bond acceptors (Lipinski definition) is 4. The van der Waals surface area contributed by atoms with Crippen molar-refractivity contribution in [3.63, 3.8) is 0 Å². The number of amides is 2. The van der Waals surface area contributed by atoms with Crippen LogP contribution in [0.3, 0.4) is 0 Å². The summed E-state index contributed by atoms with van der Waals surface area (Å²) in [5.74, 6) is -0.509. The minimum Gasteiger partial charge on any atom is -0.382 e. The number of hydrogen-bond donors (Lipinski definition) is 1. The van der Waals surface area contributed by atoms with Gasteiger partial charge in [0, 0.05) is 37.2 Å². The molecule has 138 valence electrons. The number of rotatable bonds is 7. The van der Waals surface area contributed by atoms with Crippen LogP contribution in [-0.2, 0) is 9.53 Å². The largest absolute Gasteiger partial charge is 0.382 e. The predicted molar refractivity (Wildman–Crippen MR) is 102 cm³/mol. The number of nitrogens with one attached hydrogen (secondary N) is 1.